The van der Waals surface area contributed by atoms with Crippen LogP contribution < -0.4 is 4.74 Å². The summed E-state index contributed by atoms with van der Waals surface area (Å²) in [5.74, 6) is 0.541. The van der Waals surface area contributed by atoms with Crippen molar-refractivity contribution in [2.24, 2.45) is 0 Å². The van der Waals surface area contributed by atoms with E-state index in [0.29, 0.717) is 43.1 Å². The fraction of sp³-hybridized carbons (Fsp3) is 0.300. The number of para-hydroxylation sites is 1. The van der Waals surface area contributed by atoms with Crippen molar-refractivity contribution >= 4 is 11.8 Å². The SMILES string of the molecule is COc1ccccc1C(=O)N1CCN(C(=O)c2cccc(C)c2)CC1. The number of methoxy groups -OCH3 is 1. The zero-order valence-corrected chi connectivity index (χ0v) is 14.6. The van der Waals surface area contributed by atoms with E-state index in [4.69, 9.17) is 4.74 Å². The monoisotopic (exact) mass is 338 g/mol. The summed E-state index contributed by atoms with van der Waals surface area (Å²) in [7, 11) is 1.56. The van der Waals surface area contributed by atoms with Crippen LogP contribution in [0.4, 0.5) is 0 Å². The lowest BCUT2D eigenvalue weighted by Gasteiger charge is -2.35. The molecular formula is C20H22N2O3. The van der Waals surface area contributed by atoms with E-state index >= 15 is 0 Å². The van der Waals surface area contributed by atoms with Gasteiger partial charge in [0.05, 0.1) is 12.7 Å². The van der Waals surface area contributed by atoms with Crippen LogP contribution in [0.15, 0.2) is 48.5 Å². The number of carbonyl (C=O) groups excluding carboxylic acids is 2. The molecule has 0 unspecified atom stereocenters. The molecule has 0 radical (unpaired) electrons. The maximum atomic E-state index is 12.7. The molecule has 1 aliphatic heterocycles. The molecule has 2 aromatic rings. The van der Waals surface area contributed by atoms with Crippen LogP contribution in [0, 0.1) is 6.92 Å². The number of rotatable bonds is 3. The molecule has 0 bridgehead atoms. The minimum absolute atomic E-state index is 0.0214. The minimum Gasteiger partial charge on any atom is -0.496 e. The van der Waals surface area contributed by atoms with Crippen LogP contribution in [-0.4, -0.2) is 54.9 Å². The Kier molecular flexibility index (Phi) is 5.03. The molecule has 1 saturated heterocycles. The summed E-state index contributed by atoms with van der Waals surface area (Å²) in [6.07, 6.45) is 0. The van der Waals surface area contributed by atoms with Crippen molar-refractivity contribution in [1.82, 2.24) is 9.80 Å². The Balaban J connectivity index is 1.65. The third-order valence-electron chi connectivity index (χ3n) is 4.46. The molecule has 25 heavy (non-hydrogen) atoms. The van der Waals surface area contributed by atoms with Gasteiger partial charge in [-0.05, 0) is 31.2 Å². The molecule has 0 aliphatic carbocycles. The molecule has 0 atom stereocenters. The summed E-state index contributed by atoms with van der Waals surface area (Å²) >= 11 is 0. The Morgan fingerprint density at radius 2 is 1.52 bits per heavy atom. The maximum absolute atomic E-state index is 12.7. The molecule has 3 rings (SSSR count). The molecule has 1 fully saturated rings. The van der Waals surface area contributed by atoms with Crippen LogP contribution in [0.3, 0.4) is 0 Å². The number of amides is 2. The van der Waals surface area contributed by atoms with Crippen molar-refractivity contribution in [3.05, 3.63) is 65.2 Å². The molecule has 0 saturated carbocycles. The van der Waals surface area contributed by atoms with Crippen LogP contribution in [0.25, 0.3) is 0 Å². The van der Waals surface area contributed by atoms with E-state index in [0.717, 1.165) is 5.56 Å². The predicted molar refractivity (Wildman–Crippen MR) is 96.0 cm³/mol. The molecule has 2 aromatic carbocycles. The largest absolute Gasteiger partial charge is 0.496 e. The van der Waals surface area contributed by atoms with Crippen molar-refractivity contribution in [3.8, 4) is 5.75 Å². The van der Waals surface area contributed by atoms with Crippen LogP contribution in [0.5, 0.6) is 5.75 Å². The summed E-state index contributed by atoms with van der Waals surface area (Å²) in [4.78, 5) is 28.9. The fourth-order valence-electron chi connectivity index (χ4n) is 3.06. The average molecular weight is 338 g/mol. The normalized spacial score (nSPS) is 14.3. The molecule has 0 aromatic heterocycles. The van der Waals surface area contributed by atoms with Gasteiger partial charge in [0.15, 0.2) is 0 Å². The van der Waals surface area contributed by atoms with Crippen molar-refractivity contribution in [1.29, 1.82) is 0 Å². The number of benzene rings is 2. The van der Waals surface area contributed by atoms with Crippen molar-refractivity contribution < 1.29 is 14.3 Å². The van der Waals surface area contributed by atoms with Crippen molar-refractivity contribution in [2.45, 2.75) is 6.92 Å². The zero-order chi connectivity index (χ0) is 17.8. The smallest absolute Gasteiger partial charge is 0.257 e. The first-order chi connectivity index (χ1) is 12.1. The van der Waals surface area contributed by atoms with E-state index in [1.807, 2.05) is 43.3 Å². The first kappa shape index (κ1) is 17.0. The first-order valence-corrected chi connectivity index (χ1v) is 8.38. The minimum atomic E-state index is -0.0555. The summed E-state index contributed by atoms with van der Waals surface area (Å²) in [5.41, 5.74) is 2.32. The highest BCUT2D eigenvalue weighted by atomic mass is 16.5. The Morgan fingerprint density at radius 3 is 2.16 bits per heavy atom. The molecule has 5 heteroatoms. The first-order valence-electron chi connectivity index (χ1n) is 8.38. The van der Waals surface area contributed by atoms with Gasteiger partial charge in [0, 0.05) is 31.7 Å². The number of hydrogen-bond acceptors (Lipinski definition) is 3. The van der Waals surface area contributed by atoms with E-state index in [1.54, 1.807) is 29.0 Å². The molecule has 130 valence electrons. The van der Waals surface area contributed by atoms with Gasteiger partial charge in [-0.1, -0.05) is 29.8 Å². The number of ether oxygens (including phenoxy) is 1. The van der Waals surface area contributed by atoms with Gasteiger partial charge in [0.25, 0.3) is 11.8 Å². The zero-order valence-electron chi connectivity index (χ0n) is 14.6. The molecule has 2 amide bonds. The van der Waals surface area contributed by atoms with Gasteiger partial charge >= 0.3 is 0 Å². The van der Waals surface area contributed by atoms with Crippen LogP contribution in [-0.2, 0) is 0 Å². The Bertz CT molecular complexity index is 780. The number of aryl methyl sites for hydroxylation is 1. The van der Waals surface area contributed by atoms with Crippen LogP contribution in [0.2, 0.25) is 0 Å². The molecular weight excluding hydrogens is 316 g/mol. The van der Waals surface area contributed by atoms with Crippen molar-refractivity contribution in [2.75, 3.05) is 33.3 Å². The van der Waals surface area contributed by atoms with Crippen LogP contribution >= 0.6 is 0 Å². The second kappa shape index (κ2) is 7.38. The highest BCUT2D eigenvalue weighted by Crippen LogP contribution is 2.20. The highest BCUT2D eigenvalue weighted by Gasteiger charge is 2.26. The van der Waals surface area contributed by atoms with Crippen molar-refractivity contribution in [3.63, 3.8) is 0 Å². The van der Waals surface area contributed by atoms with Gasteiger partial charge in [-0.2, -0.15) is 0 Å². The molecule has 1 heterocycles. The summed E-state index contributed by atoms with van der Waals surface area (Å²) in [6, 6.07) is 14.8. The fourth-order valence-corrected chi connectivity index (χ4v) is 3.06. The van der Waals surface area contributed by atoms with E-state index in [2.05, 4.69) is 0 Å². The van der Waals surface area contributed by atoms with Gasteiger partial charge < -0.3 is 14.5 Å². The van der Waals surface area contributed by atoms with E-state index in [9.17, 15) is 9.59 Å². The topological polar surface area (TPSA) is 49.9 Å². The van der Waals surface area contributed by atoms with E-state index in [-0.39, 0.29) is 11.8 Å². The Labute approximate surface area is 147 Å². The number of carbonyl (C=O) groups is 2. The Hall–Kier alpha value is -2.82. The quantitative estimate of drug-likeness (QED) is 0.864. The number of piperazine rings is 1. The second-order valence-electron chi connectivity index (χ2n) is 6.15. The highest BCUT2D eigenvalue weighted by molar-refractivity contribution is 5.97. The lowest BCUT2D eigenvalue weighted by atomic mass is 10.1. The third kappa shape index (κ3) is 3.65. The maximum Gasteiger partial charge on any atom is 0.257 e. The molecule has 5 nitrogen and oxygen atoms in total. The number of nitrogens with zero attached hydrogens (tertiary/aromatic N) is 2. The van der Waals surface area contributed by atoms with Gasteiger partial charge in [0.1, 0.15) is 5.75 Å². The van der Waals surface area contributed by atoms with Crippen LogP contribution in [0.1, 0.15) is 26.3 Å². The van der Waals surface area contributed by atoms with Gasteiger partial charge in [0.2, 0.25) is 0 Å². The predicted octanol–water partition coefficient (Wildman–Crippen LogP) is 2.60. The van der Waals surface area contributed by atoms with E-state index < -0.39 is 0 Å². The molecule has 0 N–H and O–H groups in total. The molecule has 0 spiro atoms. The van der Waals surface area contributed by atoms with Gasteiger partial charge in [-0.3, -0.25) is 9.59 Å². The lowest BCUT2D eigenvalue weighted by molar-refractivity contribution is 0.0533. The summed E-state index contributed by atoms with van der Waals surface area (Å²) < 4.78 is 5.27. The summed E-state index contributed by atoms with van der Waals surface area (Å²) in [5, 5.41) is 0. The second-order valence-corrected chi connectivity index (χ2v) is 6.15. The average Bonchev–Trinajstić information content (AvgIpc) is 2.67. The summed E-state index contributed by atoms with van der Waals surface area (Å²) in [6.45, 7) is 4.09. The third-order valence-corrected chi connectivity index (χ3v) is 4.46. The van der Waals surface area contributed by atoms with E-state index in [1.165, 1.54) is 0 Å². The Morgan fingerprint density at radius 1 is 0.880 bits per heavy atom. The van der Waals surface area contributed by atoms with Gasteiger partial charge in [-0.25, -0.2) is 0 Å². The lowest BCUT2D eigenvalue weighted by Crippen LogP contribution is -2.50. The number of hydrogen-bond donors (Lipinski definition) is 0. The van der Waals surface area contributed by atoms with Gasteiger partial charge in [-0.15, -0.1) is 0 Å². The molecule has 1 aliphatic rings. The standard InChI is InChI=1S/C20H22N2O3/c1-15-6-5-7-16(14-15)19(23)21-10-12-22(13-11-21)20(24)17-8-3-4-9-18(17)25-2/h3-9,14H,10-13H2,1-2H3.